The topological polar surface area (TPSA) is 52.3 Å². The van der Waals surface area contributed by atoms with E-state index in [0.29, 0.717) is 13.0 Å². The minimum absolute atomic E-state index is 0.233. The average molecular weight is 235 g/mol. The molecule has 0 bridgehead atoms. The van der Waals surface area contributed by atoms with Crippen LogP contribution in [-0.4, -0.2) is 18.6 Å². The number of rotatable bonds is 5. The van der Waals surface area contributed by atoms with Gasteiger partial charge in [-0.3, -0.25) is 4.79 Å². The summed E-state index contributed by atoms with van der Waals surface area (Å²) in [5.74, 6) is -0.233. The zero-order chi connectivity index (χ0) is 12.9. The van der Waals surface area contributed by atoms with Crippen LogP contribution in [0.4, 0.5) is 0 Å². The molecule has 2 N–H and O–H groups in total. The van der Waals surface area contributed by atoms with E-state index in [2.05, 4.69) is 0 Å². The van der Waals surface area contributed by atoms with Crippen molar-refractivity contribution >= 4 is 5.97 Å². The largest absolute Gasteiger partial charge is 0.466 e. The smallest absolute Gasteiger partial charge is 0.313 e. The van der Waals surface area contributed by atoms with E-state index < -0.39 is 5.41 Å². The Kier molecular flexibility index (Phi) is 4.70. The predicted octanol–water partition coefficient (Wildman–Crippen LogP) is 2.15. The summed E-state index contributed by atoms with van der Waals surface area (Å²) in [7, 11) is 0. The van der Waals surface area contributed by atoms with Gasteiger partial charge in [-0.05, 0) is 32.8 Å². The number of nitrogens with two attached hydrogens (primary N) is 1. The van der Waals surface area contributed by atoms with Crippen LogP contribution in [0.1, 0.15) is 26.3 Å². The molecule has 0 aliphatic heterocycles. The molecule has 0 heterocycles. The van der Waals surface area contributed by atoms with Gasteiger partial charge in [0.1, 0.15) is 0 Å². The minimum Gasteiger partial charge on any atom is -0.466 e. The molecule has 0 saturated carbocycles. The van der Waals surface area contributed by atoms with Crippen molar-refractivity contribution in [3.63, 3.8) is 0 Å². The highest BCUT2D eigenvalue weighted by Crippen LogP contribution is 2.23. The van der Waals surface area contributed by atoms with Crippen LogP contribution in [0, 0.1) is 5.41 Å². The first-order chi connectivity index (χ1) is 7.98. The average Bonchev–Trinajstić information content (AvgIpc) is 2.30. The first-order valence-electron chi connectivity index (χ1n) is 5.95. The van der Waals surface area contributed by atoms with Crippen LogP contribution >= 0.6 is 0 Å². The van der Waals surface area contributed by atoms with Crippen molar-refractivity contribution in [2.24, 2.45) is 11.1 Å². The van der Waals surface area contributed by atoms with Crippen LogP contribution in [-0.2, 0) is 16.0 Å². The molecule has 17 heavy (non-hydrogen) atoms. The maximum absolute atomic E-state index is 11.8. The van der Waals surface area contributed by atoms with Crippen molar-refractivity contribution in [3.05, 3.63) is 35.9 Å². The molecule has 94 valence electrons. The fourth-order valence-electron chi connectivity index (χ4n) is 1.59. The lowest BCUT2D eigenvalue weighted by molar-refractivity contribution is -0.154. The summed E-state index contributed by atoms with van der Waals surface area (Å²) < 4.78 is 5.05. The van der Waals surface area contributed by atoms with E-state index in [1.165, 1.54) is 0 Å². The summed E-state index contributed by atoms with van der Waals surface area (Å²) in [6.45, 7) is 5.86. The van der Waals surface area contributed by atoms with Gasteiger partial charge in [-0.1, -0.05) is 30.3 Å². The van der Waals surface area contributed by atoms with E-state index >= 15 is 0 Å². The van der Waals surface area contributed by atoms with Crippen LogP contribution in [0.25, 0.3) is 0 Å². The molecule has 0 spiro atoms. The molecule has 0 radical (unpaired) electrons. The SMILES string of the molecule is CCOC(=O)C(C)(C)C(N)Cc1ccccc1. The lowest BCUT2D eigenvalue weighted by Crippen LogP contribution is -2.45. The van der Waals surface area contributed by atoms with Gasteiger partial charge >= 0.3 is 5.97 Å². The zero-order valence-corrected chi connectivity index (χ0v) is 10.8. The highest BCUT2D eigenvalue weighted by Gasteiger charge is 2.35. The van der Waals surface area contributed by atoms with Gasteiger partial charge in [0, 0.05) is 6.04 Å². The van der Waals surface area contributed by atoms with E-state index in [4.69, 9.17) is 10.5 Å². The summed E-state index contributed by atoms with van der Waals surface area (Å²) in [6, 6.07) is 9.69. The van der Waals surface area contributed by atoms with Crippen molar-refractivity contribution in [1.29, 1.82) is 0 Å². The molecule has 1 aromatic rings. The Morgan fingerprint density at radius 2 is 1.94 bits per heavy atom. The summed E-state index contributed by atoms with van der Waals surface area (Å²) in [6.07, 6.45) is 0.673. The van der Waals surface area contributed by atoms with Crippen LogP contribution in [0.3, 0.4) is 0 Å². The normalized spacial score (nSPS) is 13.2. The number of carbonyl (C=O) groups is 1. The van der Waals surface area contributed by atoms with Gasteiger partial charge in [-0.15, -0.1) is 0 Å². The standard InChI is InChI=1S/C14H21NO2/c1-4-17-13(16)14(2,3)12(15)10-11-8-6-5-7-9-11/h5-9,12H,4,10,15H2,1-3H3. The second kappa shape index (κ2) is 5.82. The molecule has 0 amide bonds. The molecule has 1 unspecified atom stereocenters. The Morgan fingerprint density at radius 3 is 2.47 bits per heavy atom. The third-order valence-electron chi connectivity index (χ3n) is 3.03. The van der Waals surface area contributed by atoms with Crippen molar-refractivity contribution in [2.75, 3.05) is 6.61 Å². The first-order valence-corrected chi connectivity index (χ1v) is 5.95. The summed E-state index contributed by atoms with van der Waals surface area (Å²) >= 11 is 0. The fourth-order valence-corrected chi connectivity index (χ4v) is 1.59. The maximum atomic E-state index is 11.8. The second-order valence-electron chi connectivity index (χ2n) is 4.74. The number of benzene rings is 1. The molecule has 3 heteroatoms. The van der Waals surface area contributed by atoms with Gasteiger partial charge in [0.25, 0.3) is 0 Å². The molecule has 1 rings (SSSR count). The van der Waals surface area contributed by atoms with Crippen LogP contribution in [0.15, 0.2) is 30.3 Å². The van der Waals surface area contributed by atoms with Gasteiger partial charge < -0.3 is 10.5 Å². The molecule has 1 atom stereocenters. The second-order valence-corrected chi connectivity index (χ2v) is 4.74. The third kappa shape index (κ3) is 3.56. The van der Waals surface area contributed by atoms with Crippen molar-refractivity contribution < 1.29 is 9.53 Å². The lowest BCUT2D eigenvalue weighted by atomic mass is 9.81. The zero-order valence-electron chi connectivity index (χ0n) is 10.8. The highest BCUT2D eigenvalue weighted by molar-refractivity contribution is 5.76. The maximum Gasteiger partial charge on any atom is 0.313 e. The predicted molar refractivity (Wildman–Crippen MR) is 68.5 cm³/mol. The third-order valence-corrected chi connectivity index (χ3v) is 3.03. The fraction of sp³-hybridized carbons (Fsp3) is 0.500. The number of ether oxygens (including phenoxy) is 1. The Morgan fingerprint density at radius 1 is 1.35 bits per heavy atom. The Balaban J connectivity index is 2.69. The van der Waals surface area contributed by atoms with Crippen LogP contribution in [0.5, 0.6) is 0 Å². The van der Waals surface area contributed by atoms with Gasteiger partial charge in [-0.25, -0.2) is 0 Å². The molecule has 0 saturated heterocycles. The number of carbonyl (C=O) groups excluding carboxylic acids is 1. The Labute approximate surface area is 103 Å². The van der Waals surface area contributed by atoms with E-state index in [9.17, 15) is 4.79 Å². The van der Waals surface area contributed by atoms with E-state index in [-0.39, 0.29) is 12.0 Å². The van der Waals surface area contributed by atoms with E-state index in [1.54, 1.807) is 6.92 Å². The summed E-state index contributed by atoms with van der Waals surface area (Å²) in [5, 5.41) is 0. The number of hydrogen-bond acceptors (Lipinski definition) is 3. The molecule has 0 aliphatic carbocycles. The highest BCUT2D eigenvalue weighted by atomic mass is 16.5. The monoisotopic (exact) mass is 235 g/mol. The molecule has 0 aliphatic rings. The minimum atomic E-state index is -0.661. The Hall–Kier alpha value is -1.35. The van der Waals surface area contributed by atoms with Crippen molar-refractivity contribution in [1.82, 2.24) is 0 Å². The summed E-state index contributed by atoms with van der Waals surface area (Å²) in [5.41, 5.74) is 6.59. The molecular weight excluding hydrogens is 214 g/mol. The molecule has 0 aromatic heterocycles. The van der Waals surface area contributed by atoms with Gasteiger partial charge in [0.15, 0.2) is 0 Å². The van der Waals surface area contributed by atoms with E-state index in [1.807, 2.05) is 44.2 Å². The number of hydrogen-bond donors (Lipinski definition) is 1. The molecule has 1 aromatic carbocycles. The van der Waals surface area contributed by atoms with Gasteiger partial charge in [-0.2, -0.15) is 0 Å². The summed E-state index contributed by atoms with van der Waals surface area (Å²) in [4.78, 5) is 11.8. The quantitative estimate of drug-likeness (QED) is 0.796. The first kappa shape index (κ1) is 13.7. The van der Waals surface area contributed by atoms with Crippen molar-refractivity contribution in [3.8, 4) is 0 Å². The molecule has 0 fully saturated rings. The van der Waals surface area contributed by atoms with Crippen LogP contribution in [0.2, 0.25) is 0 Å². The van der Waals surface area contributed by atoms with Crippen LogP contribution < -0.4 is 5.73 Å². The van der Waals surface area contributed by atoms with Crippen molar-refractivity contribution in [2.45, 2.75) is 33.2 Å². The lowest BCUT2D eigenvalue weighted by Gasteiger charge is -2.29. The molecule has 3 nitrogen and oxygen atoms in total. The van der Waals surface area contributed by atoms with Gasteiger partial charge in [0.2, 0.25) is 0 Å². The number of esters is 1. The van der Waals surface area contributed by atoms with E-state index in [0.717, 1.165) is 5.56 Å². The molecular formula is C14H21NO2. The van der Waals surface area contributed by atoms with Gasteiger partial charge in [0.05, 0.1) is 12.0 Å². The Bertz CT molecular complexity index is 360.